The molecule has 2 aliphatic carbocycles. The van der Waals surface area contributed by atoms with Gasteiger partial charge in [-0.25, -0.2) is 4.79 Å². The Bertz CT molecular complexity index is 457. The van der Waals surface area contributed by atoms with Gasteiger partial charge in [-0.1, -0.05) is 32.1 Å². The molecular weight excluding hydrogens is 238 g/mol. The number of aromatic amines is 1. The van der Waals surface area contributed by atoms with Crippen LogP contribution in [-0.4, -0.2) is 18.1 Å². The summed E-state index contributed by atoms with van der Waals surface area (Å²) < 4.78 is 4.79. The summed E-state index contributed by atoms with van der Waals surface area (Å²) in [7, 11) is 1.44. The van der Waals surface area contributed by atoms with Crippen molar-refractivity contribution in [2.24, 2.45) is 5.92 Å². The number of rotatable bonds is 3. The third kappa shape index (κ3) is 2.56. The number of carbonyl (C=O) groups is 1. The van der Waals surface area contributed by atoms with Crippen molar-refractivity contribution in [3.05, 3.63) is 23.0 Å². The summed E-state index contributed by atoms with van der Waals surface area (Å²) in [6.45, 7) is 0. The zero-order valence-electron chi connectivity index (χ0n) is 11.7. The first kappa shape index (κ1) is 12.8. The van der Waals surface area contributed by atoms with E-state index in [1.807, 2.05) is 6.07 Å². The fourth-order valence-electron chi connectivity index (χ4n) is 3.85. The van der Waals surface area contributed by atoms with Crippen molar-refractivity contribution in [3.63, 3.8) is 0 Å². The first-order valence-corrected chi connectivity index (χ1v) is 7.58. The van der Waals surface area contributed by atoms with Gasteiger partial charge in [0.1, 0.15) is 5.69 Å². The molecule has 0 amide bonds. The fraction of sp³-hybridized carbons (Fsp3) is 0.688. The topological polar surface area (TPSA) is 42.1 Å². The summed E-state index contributed by atoms with van der Waals surface area (Å²) in [6, 6.07) is 2.03. The highest BCUT2D eigenvalue weighted by molar-refractivity contribution is 5.87. The molecule has 1 atom stereocenters. The molecule has 1 aromatic rings. The summed E-state index contributed by atoms with van der Waals surface area (Å²) in [4.78, 5) is 14.8. The molecular formula is C16H23NO2. The van der Waals surface area contributed by atoms with E-state index in [2.05, 4.69) is 4.98 Å². The number of ether oxygens (including phenoxy) is 1. The second kappa shape index (κ2) is 5.40. The lowest BCUT2D eigenvalue weighted by Crippen LogP contribution is -2.10. The SMILES string of the molecule is COC(=O)c1cc2c([nH]1)CCC2CC1CCCCC1. The molecule has 0 spiro atoms. The number of aryl methyl sites for hydroxylation is 1. The minimum Gasteiger partial charge on any atom is -0.464 e. The highest BCUT2D eigenvalue weighted by Crippen LogP contribution is 2.41. The molecule has 1 unspecified atom stereocenters. The fourth-order valence-corrected chi connectivity index (χ4v) is 3.85. The zero-order chi connectivity index (χ0) is 13.2. The van der Waals surface area contributed by atoms with E-state index in [4.69, 9.17) is 4.74 Å². The summed E-state index contributed by atoms with van der Waals surface area (Å²) in [6.07, 6.45) is 10.7. The van der Waals surface area contributed by atoms with E-state index in [1.54, 1.807) is 0 Å². The molecule has 1 aromatic heterocycles. The Morgan fingerprint density at radius 3 is 2.84 bits per heavy atom. The molecule has 3 nitrogen and oxygen atoms in total. The van der Waals surface area contributed by atoms with Gasteiger partial charge in [0.25, 0.3) is 0 Å². The van der Waals surface area contributed by atoms with Gasteiger partial charge in [0.15, 0.2) is 0 Å². The Hall–Kier alpha value is -1.25. The number of H-pyrrole nitrogens is 1. The van der Waals surface area contributed by atoms with Gasteiger partial charge in [0.05, 0.1) is 7.11 Å². The van der Waals surface area contributed by atoms with E-state index in [-0.39, 0.29) is 5.97 Å². The number of fused-ring (bicyclic) bond motifs is 1. The van der Waals surface area contributed by atoms with E-state index < -0.39 is 0 Å². The maximum absolute atomic E-state index is 11.6. The molecule has 1 N–H and O–H groups in total. The Kier molecular flexibility index (Phi) is 3.63. The summed E-state index contributed by atoms with van der Waals surface area (Å²) in [5.41, 5.74) is 3.27. The second-order valence-corrected chi connectivity index (χ2v) is 6.08. The molecule has 0 saturated heterocycles. The van der Waals surface area contributed by atoms with E-state index in [0.29, 0.717) is 11.6 Å². The number of hydrogen-bond acceptors (Lipinski definition) is 2. The Balaban J connectivity index is 1.70. The van der Waals surface area contributed by atoms with E-state index in [0.717, 1.165) is 12.3 Å². The summed E-state index contributed by atoms with van der Waals surface area (Å²) >= 11 is 0. The number of hydrogen-bond donors (Lipinski definition) is 1. The van der Waals surface area contributed by atoms with E-state index in [1.165, 1.54) is 63.3 Å². The molecule has 0 aromatic carbocycles. The smallest absolute Gasteiger partial charge is 0.354 e. The highest BCUT2D eigenvalue weighted by atomic mass is 16.5. The van der Waals surface area contributed by atoms with Crippen LogP contribution in [0.2, 0.25) is 0 Å². The zero-order valence-corrected chi connectivity index (χ0v) is 11.7. The lowest BCUT2D eigenvalue weighted by atomic mass is 9.81. The Morgan fingerprint density at radius 1 is 1.32 bits per heavy atom. The van der Waals surface area contributed by atoms with Crippen LogP contribution in [0.1, 0.15) is 72.6 Å². The number of aromatic nitrogens is 1. The number of esters is 1. The molecule has 3 rings (SSSR count). The van der Waals surface area contributed by atoms with Crippen molar-refractivity contribution in [3.8, 4) is 0 Å². The standard InChI is InChI=1S/C16H23NO2/c1-19-16(18)15-10-13-12(7-8-14(13)17-15)9-11-5-3-2-4-6-11/h10-12,17H,2-9H2,1H3. The average Bonchev–Trinajstić information content (AvgIpc) is 3.01. The monoisotopic (exact) mass is 261 g/mol. The van der Waals surface area contributed by atoms with Gasteiger partial charge < -0.3 is 9.72 Å². The first-order valence-electron chi connectivity index (χ1n) is 7.58. The first-order chi connectivity index (χ1) is 9.28. The van der Waals surface area contributed by atoms with Crippen LogP contribution in [0.5, 0.6) is 0 Å². The van der Waals surface area contributed by atoms with Crippen LogP contribution in [0.3, 0.4) is 0 Å². The van der Waals surface area contributed by atoms with Crippen LogP contribution in [0.25, 0.3) is 0 Å². The molecule has 0 bridgehead atoms. The second-order valence-electron chi connectivity index (χ2n) is 6.08. The van der Waals surface area contributed by atoms with Gasteiger partial charge in [0, 0.05) is 5.69 Å². The van der Waals surface area contributed by atoms with Crippen molar-refractivity contribution in [1.82, 2.24) is 4.98 Å². The third-order valence-corrected chi connectivity index (χ3v) is 4.86. The summed E-state index contributed by atoms with van der Waals surface area (Å²) in [5.74, 6) is 1.32. The van der Waals surface area contributed by atoms with E-state index >= 15 is 0 Å². The van der Waals surface area contributed by atoms with Gasteiger partial charge in [-0.3, -0.25) is 0 Å². The van der Waals surface area contributed by atoms with Crippen LogP contribution >= 0.6 is 0 Å². The van der Waals surface area contributed by atoms with Crippen LogP contribution in [0.4, 0.5) is 0 Å². The maximum atomic E-state index is 11.6. The molecule has 19 heavy (non-hydrogen) atoms. The van der Waals surface area contributed by atoms with Crippen molar-refractivity contribution >= 4 is 5.97 Å². The predicted molar refractivity (Wildman–Crippen MR) is 74.4 cm³/mol. The van der Waals surface area contributed by atoms with Crippen LogP contribution < -0.4 is 0 Å². The Labute approximate surface area is 114 Å². The van der Waals surface area contributed by atoms with Crippen molar-refractivity contribution in [2.75, 3.05) is 7.11 Å². The van der Waals surface area contributed by atoms with Gasteiger partial charge >= 0.3 is 5.97 Å². The van der Waals surface area contributed by atoms with Gasteiger partial charge in [-0.2, -0.15) is 0 Å². The number of methoxy groups -OCH3 is 1. The van der Waals surface area contributed by atoms with E-state index in [9.17, 15) is 4.79 Å². The number of carbonyl (C=O) groups excluding carboxylic acids is 1. The predicted octanol–water partition coefficient (Wildman–Crippen LogP) is 3.80. The lowest BCUT2D eigenvalue weighted by molar-refractivity contribution is 0.0594. The largest absolute Gasteiger partial charge is 0.464 e. The Morgan fingerprint density at radius 2 is 2.11 bits per heavy atom. The highest BCUT2D eigenvalue weighted by Gasteiger charge is 2.29. The molecule has 1 fully saturated rings. The van der Waals surface area contributed by atoms with Crippen molar-refractivity contribution in [1.29, 1.82) is 0 Å². The van der Waals surface area contributed by atoms with Gasteiger partial charge in [-0.05, 0) is 42.7 Å². The normalized spacial score (nSPS) is 23.3. The average molecular weight is 261 g/mol. The van der Waals surface area contributed by atoms with Gasteiger partial charge in [-0.15, -0.1) is 0 Å². The third-order valence-electron chi connectivity index (χ3n) is 4.86. The van der Waals surface area contributed by atoms with Gasteiger partial charge in [0.2, 0.25) is 0 Å². The molecule has 1 heterocycles. The quantitative estimate of drug-likeness (QED) is 0.841. The summed E-state index contributed by atoms with van der Waals surface area (Å²) in [5, 5.41) is 0. The molecule has 3 heteroatoms. The molecule has 1 saturated carbocycles. The maximum Gasteiger partial charge on any atom is 0.354 e. The van der Waals surface area contributed by atoms with Crippen LogP contribution in [0.15, 0.2) is 6.07 Å². The minimum absolute atomic E-state index is 0.245. The van der Waals surface area contributed by atoms with Crippen molar-refractivity contribution in [2.45, 2.75) is 57.3 Å². The van der Waals surface area contributed by atoms with Crippen LogP contribution in [0, 0.1) is 5.92 Å². The van der Waals surface area contributed by atoms with Crippen LogP contribution in [-0.2, 0) is 11.2 Å². The molecule has 0 aliphatic heterocycles. The van der Waals surface area contributed by atoms with Crippen molar-refractivity contribution < 1.29 is 9.53 Å². The minimum atomic E-state index is -0.245. The molecule has 104 valence electrons. The number of nitrogens with one attached hydrogen (secondary N) is 1. The lowest BCUT2D eigenvalue weighted by Gasteiger charge is -2.24. The molecule has 0 radical (unpaired) electrons. The molecule has 2 aliphatic rings.